The third kappa shape index (κ3) is 5.48. The minimum Gasteiger partial charge on any atom is -0.247 e. The van der Waals surface area contributed by atoms with Gasteiger partial charge in [-0.2, -0.15) is 0 Å². The molecule has 3 unspecified atom stereocenters. The van der Waals surface area contributed by atoms with Gasteiger partial charge in [-0.05, 0) is 99.7 Å². The number of hydrogen-bond donors (Lipinski definition) is 0. The van der Waals surface area contributed by atoms with E-state index in [0.717, 1.165) is 36.5 Å². The Bertz CT molecular complexity index is 376. The van der Waals surface area contributed by atoms with Gasteiger partial charge in [0.05, 0.1) is 0 Å². The van der Waals surface area contributed by atoms with Crippen molar-refractivity contribution in [2.75, 3.05) is 0 Å². The molecule has 0 aromatic carbocycles. The molecule has 3 saturated carbocycles. The van der Waals surface area contributed by atoms with E-state index in [1.165, 1.54) is 89.9 Å². The Hall–Kier alpha value is -0.0700. The summed E-state index contributed by atoms with van der Waals surface area (Å²) in [5.74, 6) is 5.02. The van der Waals surface area contributed by atoms with E-state index in [2.05, 4.69) is 13.8 Å². The highest BCUT2D eigenvalue weighted by atomic mass is 19.1. The number of alkyl halides is 1. The lowest BCUT2D eigenvalue weighted by Gasteiger charge is -2.42. The van der Waals surface area contributed by atoms with E-state index < -0.39 is 6.17 Å². The Kier molecular flexibility index (Phi) is 8.32. The Labute approximate surface area is 163 Å². The van der Waals surface area contributed by atoms with Crippen molar-refractivity contribution >= 4 is 0 Å². The zero-order valence-electron chi connectivity index (χ0n) is 17.7. The quantitative estimate of drug-likeness (QED) is 0.398. The lowest BCUT2D eigenvalue weighted by molar-refractivity contribution is 0.0605. The molecule has 0 aliphatic heterocycles. The second kappa shape index (κ2) is 10.5. The monoisotopic (exact) mass is 364 g/mol. The maximum absolute atomic E-state index is 14.7. The van der Waals surface area contributed by atoms with Crippen molar-refractivity contribution in [1.29, 1.82) is 0 Å². The van der Waals surface area contributed by atoms with Crippen molar-refractivity contribution in [1.82, 2.24) is 0 Å². The molecule has 0 amide bonds. The first-order valence-electron chi connectivity index (χ1n) is 12.3. The van der Waals surface area contributed by atoms with Crippen molar-refractivity contribution in [3.8, 4) is 0 Å². The zero-order chi connectivity index (χ0) is 18.4. The zero-order valence-corrected chi connectivity index (χ0v) is 17.7. The van der Waals surface area contributed by atoms with Crippen molar-refractivity contribution in [2.45, 2.75) is 123 Å². The van der Waals surface area contributed by atoms with Gasteiger partial charge in [-0.15, -0.1) is 0 Å². The summed E-state index contributed by atoms with van der Waals surface area (Å²) in [6.07, 6.45) is 21.0. The predicted octanol–water partition coefficient (Wildman–Crippen LogP) is 8.34. The maximum atomic E-state index is 14.7. The van der Waals surface area contributed by atoms with Gasteiger partial charge in [-0.1, -0.05) is 52.4 Å². The molecule has 152 valence electrons. The van der Waals surface area contributed by atoms with Gasteiger partial charge in [0, 0.05) is 0 Å². The molecule has 0 N–H and O–H groups in total. The Balaban J connectivity index is 1.37. The molecule has 0 nitrogen and oxygen atoms in total. The summed E-state index contributed by atoms with van der Waals surface area (Å²) in [6, 6.07) is 0. The second-order valence-corrected chi connectivity index (χ2v) is 10.2. The van der Waals surface area contributed by atoms with Gasteiger partial charge in [-0.25, -0.2) is 4.39 Å². The van der Waals surface area contributed by atoms with Crippen LogP contribution in [0.15, 0.2) is 0 Å². The van der Waals surface area contributed by atoms with Crippen molar-refractivity contribution < 1.29 is 4.39 Å². The third-order valence-electron chi connectivity index (χ3n) is 8.74. The van der Waals surface area contributed by atoms with Crippen LogP contribution in [0, 0.1) is 35.5 Å². The fourth-order valence-corrected chi connectivity index (χ4v) is 6.77. The third-order valence-corrected chi connectivity index (χ3v) is 8.74. The van der Waals surface area contributed by atoms with Crippen LogP contribution < -0.4 is 0 Å². The summed E-state index contributed by atoms with van der Waals surface area (Å²) >= 11 is 0. The molecular weight excluding hydrogens is 319 g/mol. The van der Waals surface area contributed by atoms with Crippen LogP contribution in [-0.2, 0) is 0 Å². The molecule has 0 spiro atoms. The summed E-state index contributed by atoms with van der Waals surface area (Å²) in [7, 11) is 0. The molecule has 1 heteroatoms. The lowest BCUT2D eigenvalue weighted by Crippen LogP contribution is -2.33. The SMILES string of the molecule is CCCCCC1CCC(C2CCC(C3CCC(CC)CC3)CC2)CC1F. The Morgan fingerprint density at radius 2 is 1.19 bits per heavy atom. The fraction of sp³-hybridized carbons (Fsp3) is 1.00. The molecule has 0 bridgehead atoms. The van der Waals surface area contributed by atoms with Gasteiger partial charge in [0.25, 0.3) is 0 Å². The molecule has 0 aromatic rings. The number of unbranched alkanes of at least 4 members (excludes halogenated alkanes) is 2. The molecule has 3 aliphatic rings. The van der Waals surface area contributed by atoms with Crippen molar-refractivity contribution in [2.24, 2.45) is 35.5 Å². The minimum atomic E-state index is -0.493. The minimum absolute atomic E-state index is 0.392. The van der Waals surface area contributed by atoms with Gasteiger partial charge < -0.3 is 0 Å². The Morgan fingerprint density at radius 3 is 1.73 bits per heavy atom. The van der Waals surface area contributed by atoms with E-state index >= 15 is 0 Å². The first-order valence-corrected chi connectivity index (χ1v) is 12.3. The normalized spacial score (nSPS) is 41.9. The highest BCUT2D eigenvalue weighted by molar-refractivity contribution is 4.88. The predicted molar refractivity (Wildman–Crippen MR) is 111 cm³/mol. The lowest BCUT2D eigenvalue weighted by atomic mass is 9.64. The van der Waals surface area contributed by atoms with E-state index in [9.17, 15) is 4.39 Å². The summed E-state index contributed by atoms with van der Waals surface area (Å²) in [6.45, 7) is 4.61. The van der Waals surface area contributed by atoms with Crippen LogP contribution in [0.5, 0.6) is 0 Å². The molecule has 26 heavy (non-hydrogen) atoms. The van der Waals surface area contributed by atoms with Crippen LogP contribution in [0.2, 0.25) is 0 Å². The van der Waals surface area contributed by atoms with Crippen LogP contribution in [-0.4, -0.2) is 6.17 Å². The first-order chi connectivity index (χ1) is 12.7. The van der Waals surface area contributed by atoms with Crippen molar-refractivity contribution in [3.63, 3.8) is 0 Å². The summed E-state index contributed by atoms with van der Waals surface area (Å²) in [4.78, 5) is 0. The van der Waals surface area contributed by atoms with Crippen LogP contribution in [0.3, 0.4) is 0 Å². The highest BCUT2D eigenvalue weighted by Gasteiger charge is 2.37. The van der Waals surface area contributed by atoms with E-state index in [0.29, 0.717) is 11.8 Å². The van der Waals surface area contributed by atoms with E-state index in [1.54, 1.807) is 0 Å². The van der Waals surface area contributed by atoms with Gasteiger partial charge >= 0.3 is 0 Å². The number of halogens is 1. The second-order valence-electron chi connectivity index (χ2n) is 10.2. The molecule has 0 aromatic heterocycles. The summed E-state index contributed by atoms with van der Waals surface area (Å²) < 4.78 is 14.7. The average molecular weight is 365 g/mol. The van der Waals surface area contributed by atoms with Crippen LogP contribution in [0.4, 0.5) is 4.39 Å². The van der Waals surface area contributed by atoms with Gasteiger partial charge in [-0.3, -0.25) is 0 Å². The molecule has 0 saturated heterocycles. The molecule has 0 heterocycles. The largest absolute Gasteiger partial charge is 0.247 e. The van der Waals surface area contributed by atoms with Gasteiger partial charge in [0.1, 0.15) is 6.17 Å². The molecule has 3 aliphatic carbocycles. The summed E-state index contributed by atoms with van der Waals surface area (Å²) in [5, 5.41) is 0. The van der Waals surface area contributed by atoms with Gasteiger partial charge in [0.15, 0.2) is 0 Å². The van der Waals surface area contributed by atoms with E-state index in [-0.39, 0.29) is 0 Å². The molecule has 0 radical (unpaired) electrons. The average Bonchev–Trinajstić information content (AvgIpc) is 2.69. The van der Waals surface area contributed by atoms with E-state index in [1.807, 2.05) is 0 Å². The van der Waals surface area contributed by atoms with Crippen LogP contribution in [0.1, 0.15) is 117 Å². The van der Waals surface area contributed by atoms with Crippen LogP contribution >= 0.6 is 0 Å². The smallest absolute Gasteiger partial charge is 0.103 e. The molecular formula is C25H45F. The Morgan fingerprint density at radius 1 is 0.654 bits per heavy atom. The highest BCUT2D eigenvalue weighted by Crippen LogP contribution is 2.47. The standard InChI is InChI=1S/C25H45F/c1-3-5-6-7-23-16-17-24(18-25(23)26)22-14-12-21(13-15-22)20-10-8-19(4-2)9-11-20/h19-25H,3-18H2,1-2H3. The fourth-order valence-electron chi connectivity index (χ4n) is 6.77. The molecule has 3 rings (SSSR count). The molecule has 3 fully saturated rings. The van der Waals surface area contributed by atoms with Crippen LogP contribution in [0.25, 0.3) is 0 Å². The number of hydrogen-bond acceptors (Lipinski definition) is 0. The first kappa shape index (κ1) is 20.7. The van der Waals surface area contributed by atoms with E-state index in [4.69, 9.17) is 0 Å². The van der Waals surface area contributed by atoms with Gasteiger partial charge in [0.2, 0.25) is 0 Å². The number of rotatable bonds is 7. The summed E-state index contributed by atoms with van der Waals surface area (Å²) in [5.41, 5.74) is 0. The van der Waals surface area contributed by atoms with Crippen molar-refractivity contribution in [3.05, 3.63) is 0 Å². The molecule has 3 atom stereocenters. The maximum Gasteiger partial charge on any atom is 0.103 e. The topological polar surface area (TPSA) is 0 Å².